The van der Waals surface area contributed by atoms with Gasteiger partial charge in [-0.3, -0.25) is 14.3 Å². The van der Waals surface area contributed by atoms with Crippen LogP contribution in [0.4, 0.5) is 0 Å². The quantitative estimate of drug-likeness (QED) is 0.461. The molecule has 0 aromatic carbocycles. The van der Waals surface area contributed by atoms with Crippen LogP contribution in [0.3, 0.4) is 0 Å². The maximum absolute atomic E-state index is 12.0. The summed E-state index contributed by atoms with van der Waals surface area (Å²) in [4.78, 5) is 25.3. The molecule has 1 saturated heterocycles. The standard InChI is InChI=1S/C13H16N2O6/c1-3-4-13(20)10(18)8(6-16)21-11(13)15-7(2)5-9(17)14-12(15)19/h5,8,10-11,16,18,20H,6H2,1-2H3,(H,14,17,19)/t8-,10+,11-,13?/m1/s1. The molecule has 1 unspecified atom stereocenters. The fourth-order valence-corrected chi connectivity index (χ4v) is 2.42. The van der Waals surface area contributed by atoms with Crippen LogP contribution in [0.25, 0.3) is 0 Å². The van der Waals surface area contributed by atoms with Crippen LogP contribution in [0.2, 0.25) is 0 Å². The highest BCUT2D eigenvalue weighted by atomic mass is 16.6. The highest BCUT2D eigenvalue weighted by Gasteiger charge is 2.56. The van der Waals surface area contributed by atoms with E-state index in [1.807, 2.05) is 0 Å². The Morgan fingerprint density at radius 2 is 2.19 bits per heavy atom. The van der Waals surface area contributed by atoms with Crippen LogP contribution >= 0.6 is 0 Å². The van der Waals surface area contributed by atoms with Crippen molar-refractivity contribution in [2.75, 3.05) is 6.61 Å². The second kappa shape index (κ2) is 5.46. The minimum Gasteiger partial charge on any atom is -0.394 e. The van der Waals surface area contributed by atoms with E-state index in [0.29, 0.717) is 0 Å². The Morgan fingerprint density at radius 3 is 2.71 bits per heavy atom. The van der Waals surface area contributed by atoms with Crippen molar-refractivity contribution in [3.63, 3.8) is 0 Å². The van der Waals surface area contributed by atoms with Gasteiger partial charge in [0.25, 0.3) is 5.56 Å². The maximum atomic E-state index is 12.0. The van der Waals surface area contributed by atoms with Crippen molar-refractivity contribution in [2.45, 2.75) is 37.9 Å². The third-order valence-corrected chi connectivity index (χ3v) is 3.39. The van der Waals surface area contributed by atoms with E-state index in [0.717, 1.165) is 10.6 Å². The van der Waals surface area contributed by atoms with Crippen molar-refractivity contribution in [1.29, 1.82) is 0 Å². The molecule has 0 spiro atoms. The van der Waals surface area contributed by atoms with E-state index < -0.39 is 41.9 Å². The maximum Gasteiger partial charge on any atom is 0.330 e. The van der Waals surface area contributed by atoms with E-state index >= 15 is 0 Å². The summed E-state index contributed by atoms with van der Waals surface area (Å²) in [5.74, 6) is 4.89. The summed E-state index contributed by atoms with van der Waals surface area (Å²) in [6.45, 7) is 2.39. The average molecular weight is 296 g/mol. The molecular formula is C13H16N2O6. The Balaban J connectivity index is 2.64. The molecule has 2 rings (SSSR count). The molecule has 2 heterocycles. The number of aromatic nitrogens is 2. The Kier molecular flexibility index (Phi) is 4.02. The van der Waals surface area contributed by atoms with Crippen molar-refractivity contribution < 1.29 is 20.1 Å². The number of hydrogen-bond acceptors (Lipinski definition) is 6. The summed E-state index contributed by atoms with van der Waals surface area (Å²) in [7, 11) is 0. The van der Waals surface area contributed by atoms with Gasteiger partial charge in [0, 0.05) is 11.8 Å². The Labute approximate surface area is 119 Å². The van der Waals surface area contributed by atoms with Gasteiger partial charge in [-0.25, -0.2) is 4.79 Å². The minimum absolute atomic E-state index is 0.232. The molecule has 0 aliphatic carbocycles. The fraction of sp³-hybridized carbons (Fsp3) is 0.538. The zero-order valence-electron chi connectivity index (χ0n) is 11.5. The van der Waals surface area contributed by atoms with E-state index in [9.17, 15) is 24.9 Å². The molecule has 0 amide bonds. The van der Waals surface area contributed by atoms with E-state index in [4.69, 9.17) is 4.74 Å². The molecule has 0 bridgehead atoms. The minimum atomic E-state index is -2.07. The Hall–Kier alpha value is -1.92. The number of rotatable bonds is 2. The molecule has 1 aromatic rings. The third kappa shape index (κ3) is 2.41. The number of ether oxygens (including phenoxy) is 1. The molecular weight excluding hydrogens is 280 g/mol. The smallest absolute Gasteiger partial charge is 0.330 e. The van der Waals surface area contributed by atoms with Crippen molar-refractivity contribution >= 4 is 0 Å². The number of aromatic amines is 1. The normalized spacial score (nSPS) is 31.8. The largest absolute Gasteiger partial charge is 0.394 e. The molecule has 1 fully saturated rings. The molecule has 4 atom stereocenters. The van der Waals surface area contributed by atoms with E-state index in [2.05, 4.69) is 16.8 Å². The van der Waals surface area contributed by atoms with Gasteiger partial charge >= 0.3 is 5.69 Å². The van der Waals surface area contributed by atoms with Gasteiger partial charge in [-0.15, -0.1) is 5.92 Å². The van der Waals surface area contributed by atoms with Gasteiger partial charge in [-0.2, -0.15) is 0 Å². The predicted molar refractivity (Wildman–Crippen MR) is 71.5 cm³/mol. The second-order valence-corrected chi connectivity index (χ2v) is 4.80. The molecule has 21 heavy (non-hydrogen) atoms. The van der Waals surface area contributed by atoms with Crippen LogP contribution in [-0.2, 0) is 4.74 Å². The molecule has 8 heteroatoms. The summed E-state index contributed by atoms with van der Waals surface area (Å²) in [6.07, 6.45) is -3.95. The van der Waals surface area contributed by atoms with Gasteiger partial charge in [0.05, 0.1) is 6.61 Å². The van der Waals surface area contributed by atoms with Crippen molar-refractivity contribution in [3.8, 4) is 11.8 Å². The molecule has 1 aliphatic rings. The molecule has 1 aromatic heterocycles. The Bertz CT molecular complexity index is 712. The molecule has 114 valence electrons. The van der Waals surface area contributed by atoms with Crippen LogP contribution < -0.4 is 11.2 Å². The van der Waals surface area contributed by atoms with E-state index in [-0.39, 0.29) is 5.69 Å². The number of nitrogens with one attached hydrogen (secondary N) is 1. The summed E-state index contributed by atoms with van der Waals surface area (Å²) in [6, 6.07) is 1.16. The summed E-state index contributed by atoms with van der Waals surface area (Å²) >= 11 is 0. The third-order valence-electron chi connectivity index (χ3n) is 3.39. The predicted octanol–water partition coefficient (Wildman–Crippen LogP) is -2.15. The Morgan fingerprint density at radius 1 is 1.52 bits per heavy atom. The lowest BCUT2D eigenvalue weighted by Crippen LogP contribution is -2.48. The van der Waals surface area contributed by atoms with Crippen LogP contribution in [0.1, 0.15) is 18.8 Å². The van der Waals surface area contributed by atoms with Gasteiger partial charge in [0.1, 0.15) is 12.2 Å². The highest BCUT2D eigenvalue weighted by Crippen LogP contribution is 2.37. The van der Waals surface area contributed by atoms with Crippen molar-refractivity contribution in [2.24, 2.45) is 0 Å². The number of aliphatic hydroxyl groups is 3. The van der Waals surface area contributed by atoms with Gasteiger partial charge in [0.15, 0.2) is 11.8 Å². The second-order valence-electron chi connectivity index (χ2n) is 4.80. The van der Waals surface area contributed by atoms with Crippen LogP contribution in [0.5, 0.6) is 0 Å². The van der Waals surface area contributed by atoms with Gasteiger partial charge in [-0.1, -0.05) is 5.92 Å². The van der Waals surface area contributed by atoms with Crippen molar-refractivity contribution in [3.05, 3.63) is 32.6 Å². The van der Waals surface area contributed by atoms with E-state index in [1.165, 1.54) is 13.8 Å². The number of aryl methyl sites for hydroxylation is 1. The zero-order valence-corrected chi connectivity index (χ0v) is 11.5. The first-order valence-corrected chi connectivity index (χ1v) is 6.28. The fourth-order valence-electron chi connectivity index (χ4n) is 2.42. The van der Waals surface area contributed by atoms with Gasteiger partial charge < -0.3 is 20.1 Å². The van der Waals surface area contributed by atoms with Gasteiger partial charge in [-0.05, 0) is 13.8 Å². The summed E-state index contributed by atoms with van der Waals surface area (Å²) in [5.41, 5.74) is -3.23. The first-order valence-electron chi connectivity index (χ1n) is 6.28. The molecule has 8 nitrogen and oxygen atoms in total. The first-order chi connectivity index (χ1) is 9.85. The van der Waals surface area contributed by atoms with Crippen LogP contribution in [0, 0.1) is 18.8 Å². The first kappa shape index (κ1) is 15.5. The zero-order chi connectivity index (χ0) is 15.8. The number of H-pyrrole nitrogens is 1. The van der Waals surface area contributed by atoms with Gasteiger partial charge in [0.2, 0.25) is 0 Å². The van der Waals surface area contributed by atoms with E-state index in [1.54, 1.807) is 0 Å². The highest BCUT2D eigenvalue weighted by molar-refractivity contribution is 5.23. The molecule has 0 saturated carbocycles. The lowest BCUT2D eigenvalue weighted by atomic mass is 9.94. The molecule has 1 aliphatic heterocycles. The molecule has 0 radical (unpaired) electrons. The summed E-state index contributed by atoms with van der Waals surface area (Å²) < 4.78 is 6.36. The van der Waals surface area contributed by atoms with Crippen molar-refractivity contribution in [1.82, 2.24) is 9.55 Å². The number of aliphatic hydroxyl groups excluding tert-OH is 2. The lowest BCUT2D eigenvalue weighted by molar-refractivity contribution is -0.0775. The van der Waals surface area contributed by atoms with Crippen LogP contribution in [0.15, 0.2) is 15.7 Å². The monoisotopic (exact) mass is 296 g/mol. The summed E-state index contributed by atoms with van der Waals surface area (Å²) in [5, 5.41) is 29.9. The van der Waals surface area contributed by atoms with Crippen LogP contribution in [-0.4, -0.2) is 49.3 Å². The number of nitrogens with zero attached hydrogens (tertiary/aromatic N) is 1. The average Bonchev–Trinajstić information content (AvgIpc) is 2.63. The molecule has 4 N–H and O–H groups in total. The lowest BCUT2D eigenvalue weighted by Gasteiger charge is -2.27. The number of hydrogen-bond donors (Lipinski definition) is 4. The SMILES string of the molecule is CC#CC1(O)[C@@H](O)[C@@H](CO)O[C@H]1n1c(C)cc(=O)[nH]c1=O. The topological polar surface area (TPSA) is 125 Å².